The summed E-state index contributed by atoms with van der Waals surface area (Å²) in [5.74, 6) is -1.13. The SMILES string of the molecule is COC(=O)C1C(C)=NC2=C(C(=O)C[C@@H](c3ccccc3)C2)[C@H]1c1ccc(Br)cc1. The van der Waals surface area contributed by atoms with Gasteiger partial charge in [0.1, 0.15) is 5.92 Å². The summed E-state index contributed by atoms with van der Waals surface area (Å²) in [4.78, 5) is 30.7. The van der Waals surface area contributed by atoms with Crippen LogP contribution in [-0.4, -0.2) is 24.6 Å². The highest BCUT2D eigenvalue weighted by Gasteiger charge is 2.44. The number of ether oxygens (including phenoxy) is 1. The lowest BCUT2D eigenvalue weighted by atomic mass is 9.69. The van der Waals surface area contributed by atoms with Crippen molar-refractivity contribution < 1.29 is 14.3 Å². The number of methoxy groups -OCH3 is 1. The van der Waals surface area contributed by atoms with E-state index in [1.165, 1.54) is 7.11 Å². The second-order valence-corrected chi connectivity index (χ2v) is 8.50. The van der Waals surface area contributed by atoms with E-state index in [2.05, 4.69) is 28.1 Å². The van der Waals surface area contributed by atoms with E-state index in [1.54, 1.807) is 0 Å². The Morgan fingerprint density at radius 1 is 1.03 bits per heavy atom. The van der Waals surface area contributed by atoms with Crippen molar-refractivity contribution in [3.05, 3.63) is 81.5 Å². The molecule has 148 valence electrons. The van der Waals surface area contributed by atoms with Crippen molar-refractivity contribution in [2.75, 3.05) is 7.11 Å². The van der Waals surface area contributed by atoms with Gasteiger partial charge in [-0.2, -0.15) is 0 Å². The van der Waals surface area contributed by atoms with Crippen LogP contribution in [0.3, 0.4) is 0 Å². The van der Waals surface area contributed by atoms with Crippen LogP contribution in [0.25, 0.3) is 0 Å². The number of hydrogen-bond acceptors (Lipinski definition) is 4. The van der Waals surface area contributed by atoms with Gasteiger partial charge in [-0.1, -0.05) is 58.4 Å². The summed E-state index contributed by atoms with van der Waals surface area (Å²) in [5.41, 5.74) is 4.25. The number of halogens is 1. The van der Waals surface area contributed by atoms with Gasteiger partial charge in [0.15, 0.2) is 5.78 Å². The predicted octanol–water partition coefficient (Wildman–Crippen LogP) is 5.20. The third-order valence-corrected chi connectivity index (χ3v) is 6.37. The molecule has 0 amide bonds. The fraction of sp³-hybridized carbons (Fsp3) is 0.292. The summed E-state index contributed by atoms with van der Waals surface area (Å²) in [7, 11) is 1.38. The predicted molar refractivity (Wildman–Crippen MR) is 116 cm³/mol. The summed E-state index contributed by atoms with van der Waals surface area (Å²) in [6.07, 6.45) is 1.13. The zero-order chi connectivity index (χ0) is 20.5. The van der Waals surface area contributed by atoms with Gasteiger partial charge in [-0.3, -0.25) is 14.6 Å². The van der Waals surface area contributed by atoms with Crippen molar-refractivity contribution in [1.82, 2.24) is 0 Å². The Hall–Kier alpha value is -2.53. The van der Waals surface area contributed by atoms with Gasteiger partial charge < -0.3 is 4.74 Å². The monoisotopic (exact) mass is 451 g/mol. The van der Waals surface area contributed by atoms with Crippen molar-refractivity contribution in [3.8, 4) is 0 Å². The lowest BCUT2D eigenvalue weighted by Crippen LogP contribution is -2.37. The van der Waals surface area contributed by atoms with E-state index in [-0.39, 0.29) is 23.6 Å². The first-order chi connectivity index (χ1) is 14.0. The molecule has 3 atom stereocenters. The highest BCUT2D eigenvalue weighted by atomic mass is 79.9. The molecule has 1 unspecified atom stereocenters. The number of benzene rings is 2. The third kappa shape index (κ3) is 3.71. The standard InChI is InChI=1S/C24H22BrNO3/c1-14-21(24(28)29-2)22(16-8-10-18(25)11-9-16)23-19(26-14)12-17(13-20(23)27)15-6-4-3-5-7-15/h3-11,17,21-22H,12-13H2,1-2H3/t17-,21?,22-/m0/s1. The molecule has 0 bridgehead atoms. The largest absolute Gasteiger partial charge is 0.468 e. The van der Waals surface area contributed by atoms with E-state index in [9.17, 15) is 9.59 Å². The van der Waals surface area contributed by atoms with Crippen LogP contribution in [0.1, 0.15) is 42.7 Å². The number of carbonyl (C=O) groups excluding carboxylic acids is 2. The quantitative estimate of drug-likeness (QED) is 0.602. The molecule has 1 heterocycles. The van der Waals surface area contributed by atoms with Crippen LogP contribution in [0.15, 0.2) is 75.3 Å². The van der Waals surface area contributed by atoms with E-state index in [1.807, 2.05) is 49.4 Å². The zero-order valence-electron chi connectivity index (χ0n) is 16.4. The molecule has 29 heavy (non-hydrogen) atoms. The summed E-state index contributed by atoms with van der Waals surface area (Å²) in [6.45, 7) is 1.85. The first kappa shape index (κ1) is 19.8. The van der Waals surface area contributed by atoms with Gasteiger partial charge in [0.25, 0.3) is 0 Å². The lowest BCUT2D eigenvalue weighted by Gasteiger charge is -2.36. The van der Waals surface area contributed by atoms with E-state index >= 15 is 0 Å². The van der Waals surface area contributed by atoms with Crippen LogP contribution in [0.5, 0.6) is 0 Å². The van der Waals surface area contributed by atoms with Gasteiger partial charge >= 0.3 is 5.97 Å². The number of Topliss-reactive ketones (excluding diaryl/α,β-unsaturated/α-hetero) is 1. The van der Waals surface area contributed by atoms with Gasteiger partial charge in [-0.25, -0.2) is 0 Å². The Morgan fingerprint density at radius 3 is 2.38 bits per heavy atom. The van der Waals surface area contributed by atoms with Crippen molar-refractivity contribution in [2.45, 2.75) is 31.6 Å². The van der Waals surface area contributed by atoms with Crippen molar-refractivity contribution in [2.24, 2.45) is 10.9 Å². The average molecular weight is 452 g/mol. The molecular weight excluding hydrogens is 430 g/mol. The second kappa shape index (κ2) is 8.07. The summed E-state index contributed by atoms with van der Waals surface area (Å²) < 4.78 is 6.03. The molecule has 0 saturated carbocycles. The van der Waals surface area contributed by atoms with E-state index in [0.717, 1.165) is 21.3 Å². The Labute approximate surface area is 178 Å². The first-order valence-corrected chi connectivity index (χ1v) is 10.5. The number of esters is 1. The minimum atomic E-state index is -0.586. The maximum atomic E-state index is 13.3. The second-order valence-electron chi connectivity index (χ2n) is 7.58. The fourth-order valence-electron chi connectivity index (χ4n) is 4.48. The summed E-state index contributed by atoms with van der Waals surface area (Å²) >= 11 is 3.46. The number of nitrogens with zero attached hydrogens (tertiary/aromatic N) is 1. The molecule has 2 aromatic rings. The third-order valence-electron chi connectivity index (χ3n) is 5.84. The molecule has 0 N–H and O–H groups in total. The van der Waals surface area contributed by atoms with Crippen LogP contribution < -0.4 is 0 Å². The summed E-state index contributed by atoms with van der Waals surface area (Å²) in [6, 6.07) is 17.9. The van der Waals surface area contributed by atoms with Gasteiger partial charge in [0.2, 0.25) is 0 Å². The molecule has 1 aliphatic carbocycles. The number of hydrogen-bond donors (Lipinski definition) is 0. The lowest BCUT2D eigenvalue weighted by molar-refractivity contribution is -0.143. The Kier molecular flexibility index (Phi) is 5.50. The number of allylic oxidation sites excluding steroid dienone is 2. The van der Waals surface area contributed by atoms with Crippen LogP contribution in [0.2, 0.25) is 0 Å². The highest BCUT2D eigenvalue weighted by molar-refractivity contribution is 9.10. The minimum absolute atomic E-state index is 0.0678. The Bertz CT molecular complexity index is 1010. The van der Waals surface area contributed by atoms with Crippen molar-refractivity contribution in [1.29, 1.82) is 0 Å². The number of rotatable bonds is 3. The number of aliphatic imine (C=N–C) groups is 1. The highest BCUT2D eigenvalue weighted by Crippen LogP contribution is 2.46. The molecule has 0 fully saturated rings. The topological polar surface area (TPSA) is 55.7 Å². The van der Waals surface area contributed by atoms with Gasteiger partial charge in [-0.15, -0.1) is 0 Å². The normalized spacial score (nSPS) is 24.0. The van der Waals surface area contributed by atoms with Gasteiger partial charge in [0, 0.05) is 33.8 Å². The Morgan fingerprint density at radius 2 is 1.72 bits per heavy atom. The van der Waals surface area contributed by atoms with Crippen molar-refractivity contribution >= 4 is 33.4 Å². The van der Waals surface area contributed by atoms with Crippen LogP contribution >= 0.6 is 15.9 Å². The molecule has 1 aliphatic heterocycles. The molecule has 2 aliphatic rings. The first-order valence-electron chi connectivity index (χ1n) is 9.69. The van der Waals surface area contributed by atoms with Crippen LogP contribution in [0.4, 0.5) is 0 Å². The fourth-order valence-corrected chi connectivity index (χ4v) is 4.75. The van der Waals surface area contributed by atoms with E-state index in [4.69, 9.17) is 9.73 Å². The molecular formula is C24H22BrNO3. The number of carbonyl (C=O) groups is 2. The van der Waals surface area contributed by atoms with Crippen LogP contribution in [0, 0.1) is 5.92 Å². The molecule has 4 nitrogen and oxygen atoms in total. The number of ketones is 1. The van der Waals surface area contributed by atoms with Gasteiger partial charge in [0.05, 0.1) is 7.11 Å². The molecule has 0 saturated heterocycles. The average Bonchev–Trinajstić information content (AvgIpc) is 2.73. The van der Waals surface area contributed by atoms with Crippen molar-refractivity contribution in [3.63, 3.8) is 0 Å². The zero-order valence-corrected chi connectivity index (χ0v) is 18.0. The van der Waals surface area contributed by atoms with Gasteiger partial charge in [-0.05, 0) is 42.5 Å². The molecule has 2 aromatic carbocycles. The molecule has 4 rings (SSSR count). The summed E-state index contributed by atoms with van der Waals surface area (Å²) in [5, 5.41) is 0. The van der Waals surface area contributed by atoms with E-state index in [0.29, 0.717) is 24.1 Å². The molecule has 0 radical (unpaired) electrons. The Balaban J connectivity index is 1.81. The van der Waals surface area contributed by atoms with E-state index < -0.39 is 5.92 Å². The smallest absolute Gasteiger partial charge is 0.315 e. The van der Waals surface area contributed by atoms with Crippen LogP contribution in [-0.2, 0) is 14.3 Å². The molecule has 5 heteroatoms. The molecule has 0 aromatic heterocycles. The maximum Gasteiger partial charge on any atom is 0.315 e. The maximum absolute atomic E-state index is 13.3. The molecule has 0 spiro atoms. The minimum Gasteiger partial charge on any atom is -0.468 e.